The quantitative estimate of drug-likeness (QED) is 0.759. The second-order valence-electron chi connectivity index (χ2n) is 5.37. The molecule has 21 heavy (non-hydrogen) atoms. The fraction of sp³-hybridized carbons (Fsp3) is 0.786. The van der Waals surface area contributed by atoms with Crippen LogP contribution < -0.4 is 5.73 Å². The van der Waals surface area contributed by atoms with Gasteiger partial charge in [-0.15, -0.1) is 0 Å². The van der Waals surface area contributed by atoms with E-state index < -0.39 is 10.0 Å². The van der Waals surface area contributed by atoms with Gasteiger partial charge in [0.1, 0.15) is 4.90 Å². The molecule has 0 aromatic carbocycles. The first-order chi connectivity index (χ1) is 9.88. The summed E-state index contributed by atoms with van der Waals surface area (Å²) in [5.74, 6) is 0.0910. The van der Waals surface area contributed by atoms with Gasteiger partial charge >= 0.3 is 0 Å². The molecule has 6 nitrogen and oxygen atoms in total. The number of rotatable bonds is 9. The van der Waals surface area contributed by atoms with E-state index in [-0.39, 0.29) is 16.8 Å². The van der Waals surface area contributed by atoms with E-state index in [9.17, 15) is 8.42 Å². The van der Waals surface area contributed by atoms with E-state index in [4.69, 9.17) is 5.73 Å². The Balaban J connectivity index is 3.15. The molecule has 122 valence electrons. The molecule has 1 unspecified atom stereocenters. The zero-order valence-corrected chi connectivity index (χ0v) is 14.4. The maximum atomic E-state index is 12.9. The minimum Gasteiger partial charge on any atom is -0.381 e. The number of unbranched alkanes of at least 4 members (excludes halogenated alkanes) is 1. The largest absolute Gasteiger partial charge is 0.381 e. The molecule has 0 saturated carbocycles. The number of nitrogens with two attached hydrogens (primary N) is 1. The maximum Gasteiger partial charge on any atom is 0.248 e. The van der Waals surface area contributed by atoms with Crippen LogP contribution in [0.15, 0.2) is 11.1 Å². The van der Waals surface area contributed by atoms with Gasteiger partial charge < -0.3 is 5.73 Å². The Morgan fingerprint density at radius 2 is 2.00 bits per heavy atom. The van der Waals surface area contributed by atoms with Crippen molar-refractivity contribution in [2.75, 3.05) is 12.3 Å². The normalized spacial score (nSPS) is 13.8. The molecule has 0 aliphatic heterocycles. The van der Waals surface area contributed by atoms with Crippen LogP contribution in [0.2, 0.25) is 0 Å². The molecule has 0 aliphatic carbocycles. The molecule has 1 aromatic heterocycles. The summed E-state index contributed by atoms with van der Waals surface area (Å²) in [4.78, 5) is 0.132. The van der Waals surface area contributed by atoms with Crippen molar-refractivity contribution in [1.29, 1.82) is 0 Å². The summed E-state index contributed by atoms with van der Waals surface area (Å²) in [6, 6.07) is -0.0459. The van der Waals surface area contributed by atoms with Crippen molar-refractivity contribution < 1.29 is 8.42 Å². The van der Waals surface area contributed by atoms with Crippen LogP contribution in [-0.4, -0.2) is 35.1 Å². The lowest BCUT2D eigenvalue weighted by atomic mass is 10.2. The third-order valence-electron chi connectivity index (χ3n) is 3.61. The van der Waals surface area contributed by atoms with Gasteiger partial charge in [-0.05, 0) is 26.2 Å². The van der Waals surface area contributed by atoms with Gasteiger partial charge in [-0.1, -0.05) is 27.2 Å². The Morgan fingerprint density at radius 3 is 2.52 bits per heavy atom. The van der Waals surface area contributed by atoms with Crippen molar-refractivity contribution in [3.8, 4) is 0 Å². The Kier molecular flexibility index (Phi) is 6.67. The molecule has 1 heterocycles. The Labute approximate surface area is 128 Å². The number of nitrogen functional groups attached to an aromatic ring is 1. The fourth-order valence-corrected chi connectivity index (χ4v) is 3.99. The molecule has 0 bridgehead atoms. The van der Waals surface area contributed by atoms with E-state index in [1.54, 1.807) is 15.2 Å². The predicted octanol–water partition coefficient (Wildman–Crippen LogP) is 2.46. The van der Waals surface area contributed by atoms with Crippen molar-refractivity contribution in [3.05, 3.63) is 6.20 Å². The summed E-state index contributed by atoms with van der Waals surface area (Å²) < 4.78 is 28.9. The van der Waals surface area contributed by atoms with Crippen molar-refractivity contribution in [2.45, 2.75) is 70.9 Å². The molecule has 1 rings (SSSR count). The molecule has 0 fully saturated rings. The van der Waals surface area contributed by atoms with Crippen LogP contribution in [0, 0.1) is 0 Å². The van der Waals surface area contributed by atoms with E-state index in [0.29, 0.717) is 13.1 Å². The lowest BCUT2D eigenvalue weighted by Crippen LogP contribution is -2.39. The summed E-state index contributed by atoms with van der Waals surface area (Å²) in [6.45, 7) is 9.17. The highest BCUT2D eigenvalue weighted by atomic mass is 32.2. The topological polar surface area (TPSA) is 81.2 Å². The molecule has 2 N–H and O–H groups in total. The first-order valence-electron chi connectivity index (χ1n) is 7.73. The zero-order chi connectivity index (χ0) is 16.0. The zero-order valence-electron chi connectivity index (χ0n) is 13.5. The van der Waals surface area contributed by atoms with Crippen molar-refractivity contribution in [2.24, 2.45) is 0 Å². The summed E-state index contributed by atoms with van der Waals surface area (Å²) in [5.41, 5.74) is 5.83. The average molecular weight is 316 g/mol. The second kappa shape index (κ2) is 7.79. The highest BCUT2D eigenvalue weighted by Crippen LogP contribution is 2.24. The van der Waals surface area contributed by atoms with Crippen molar-refractivity contribution >= 4 is 15.8 Å². The Morgan fingerprint density at radius 1 is 1.33 bits per heavy atom. The number of hydrogen-bond donors (Lipinski definition) is 1. The van der Waals surface area contributed by atoms with E-state index in [1.165, 1.54) is 0 Å². The van der Waals surface area contributed by atoms with Gasteiger partial charge in [-0.3, -0.25) is 4.68 Å². The minimum atomic E-state index is -3.59. The first-order valence-corrected chi connectivity index (χ1v) is 9.17. The predicted molar refractivity (Wildman–Crippen MR) is 85.5 cm³/mol. The lowest BCUT2D eigenvalue weighted by Gasteiger charge is -2.27. The van der Waals surface area contributed by atoms with Crippen molar-refractivity contribution in [1.82, 2.24) is 14.1 Å². The van der Waals surface area contributed by atoms with Gasteiger partial charge in [0.15, 0.2) is 5.82 Å². The number of sulfonamides is 1. The van der Waals surface area contributed by atoms with E-state index in [1.807, 2.05) is 20.8 Å². The van der Waals surface area contributed by atoms with Crippen LogP contribution in [0.3, 0.4) is 0 Å². The standard InChI is InChI=1S/C14H28N4O2S/c1-5-8-10-18(12(4)7-3)21(19,20)13-11-17(9-6-2)16-14(13)15/h11-12H,5-10H2,1-4H3,(H2,15,16). The molecule has 0 aliphatic rings. The molecule has 0 spiro atoms. The fourth-order valence-electron chi connectivity index (χ4n) is 2.18. The van der Waals surface area contributed by atoms with Gasteiger partial charge in [0, 0.05) is 25.3 Å². The lowest BCUT2D eigenvalue weighted by molar-refractivity contribution is 0.324. The van der Waals surface area contributed by atoms with Crippen molar-refractivity contribution in [3.63, 3.8) is 0 Å². The Hall–Kier alpha value is -1.08. The molecule has 0 amide bonds. The monoisotopic (exact) mass is 316 g/mol. The molecule has 0 saturated heterocycles. The summed E-state index contributed by atoms with van der Waals surface area (Å²) >= 11 is 0. The number of aromatic nitrogens is 2. The smallest absolute Gasteiger partial charge is 0.248 e. The highest BCUT2D eigenvalue weighted by molar-refractivity contribution is 7.89. The minimum absolute atomic E-state index is 0.0459. The van der Waals surface area contributed by atoms with Gasteiger partial charge in [-0.2, -0.15) is 9.40 Å². The molecule has 1 aromatic rings. The summed E-state index contributed by atoms with van der Waals surface area (Å²) in [6.07, 6.45) is 4.99. The Bertz CT molecular complexity index is 539. The van der Waals surface area contributed by atoms with Crippen LogP contribution in [0.1, 0.15) is 53.4 Å². The second-order valence-corrected chi connectivity index (χ2v) is 7.23. The van der Waals surface area contributed by atoms with Gasteiger partial charge in [-0.25, -0.2) is 8.42 Å². The van der Waals surface area contributed by atoms with Crippen LogP contribution in [0.25, 0.3) is 0 Å². The number of anilines is 1. The number of hydrogen-bond acceptors (Lipinski definition) is 4. The molecule has 1 atom stereocenters. The van der Waals surface area contributed by atoms with Crippen LogP contribution in [0.4, 0.5) is 5.82 Å². The number of aryl methyl sites for hydroxylation is 1. The maximum absolute atomic E-state index is 12.9. The number of nitrogens with zero attached hydrogens (tertiary/aromatic N) is 3. The van der Waals surface area contributed by atoms with Gasteiger partial charge in [0.25, 0.3) is 0 Å². The third kappa shape index (κ3) is 4.20. The summed E-state index contributed by atoms with van der Waals surface area (Å²) in [5, 5.41) is 4.10. The molecule has 7 heteroatoms. The first kappa shape index (κ1) is 18.0. The van der Waals surface area contributed by atoms with Gasteiger partial charge in [0.2, 0.25) is 10.0 Å². The average Bonchev–Trinajstić information content (AvgIpc) is 2.80. The van der Waals surface area contributed by atoms with Crippen LogP contribution >= 0.6 is 0 Å². The van der Waals surface area contributed by atoms with E-state index in [0.717, 1.165) is 25.7 Å². The van der Waals surface area contributed by atoms with E-state index in [2.05, 4.69) is 12.0 Å². The molecule has 0 radical (unpaired) electrons. The van der Waals surface area contributed by atoms with Crippen LogP contribution in [-0.2, 0) is 16.6 Å². The third-order valence-corrected chi connectivity index (χ3v) is 5.64. The molecular weight excluding hydrogens is 288 g/mol. The summed E-state index contributed by atoms with van der Waals surface area (Å²) in [7, 11) is -3.59. The molecular formula is C14H28N4O2S. The van der Waals surface area contributed by atoms with E-state index >= 15 is 0 Å². The van der Waals surface area contributed by atoms with Gasteiger partial charge in [0.05, 0.1) is 0 Å². The highest BCUT2D eigenvalue weighted by Gasteiger charge is 2.31. The van der Waals surface area contributed by atoms with Crippen LogP contribution in [0.5, 0.6) is 0 Å². The SMILES string of the molecule is CCCCN(C(C)CC)S(=O)(=O)c1cn(CCC)nc1N.